The van der Waals surface area contributed by atoms with Gasteiger partial charge in [0.15, 0.2) is 0 Å². The molecule has 15 heavy (non-hydrogen) atoms. The van der Waals surface area contributed by atoms with Crippen molar-refractivity contribution in [2.45, 2.75) is 12.5 Å². The first kappa shape index (κ1) is 14.9. The van der Waals surface area contributed by atoms with Crippen molar-refractivity contribution in [3.05, 3.63) is 11.4 Å². The van der Waals surface area contributed by atoms with Gasteiger partial charge in [0.2, 0.25) is 6.54 Å². The minimum atomic E-state index is -2.36. The molecule has 0 N–H and O–H groups in total. The standard InChI is InChI=1S/C9H19NO3SSi/c1-10-6-8-14-7-5-9-15(11-2,12-3)13-4/h5-9H2,2-4H3. The van der Waals surface area contributed by atoms with E-state index in [1.54, 1.807) is 33.1 Å². The average Bonchev–Trinajstić information content (AvgIpc) is 2.29. The normalized spacial score (nSPS) is 11.3. The maximum Gasteiger partial charge on any atom is 0.500 e. The fourth-order valence-electron chi connectivity index (χ4n) is 1.16. The molecule has 0 unspecified atom stereocenters. The van der Waals surface area contributed by atoms with Crippen LogP contribution in [0.5, 0.6) is 0 Å². The molecule has 0 radical (unpaired) electrons. The predicted octanol–water partition coefficient (Wildman–Crippen LogP) is 1.91. The molecule has 0 amide bonds. The molecular weight excluding hydrogens is 230 g/mol. The lowest BCUT2D eigenvalue weighted by Crippen LogP contribution is -2.42. The van der Waals surface area contributed by atoms with Gasteiger partial charge in [0, 0.05) is 27.4 Å². The van der Waals surface area contributed by atoms with E-state index in [4.69, 9.17) is 19.9 Å². The molecule has 0 atom stereocenters. The molecule has 6 heteroatoms. The fourth-order valence-corrected chi connectivity index (χ4v) is 3.91. The van der Waals surface area contributed by atoms with Crippen LogP contribution in [0.25, 0.3) is 4.85 Å². The number of rotatable bonds is 9. The Morgan fingerprint density at radius 3 is 2.20 bits per heavy atom. The monoisotopic (exact) mass is 249 g/mol. The van der Waals surface area contributed by atoms with Gasteiger partial charge in [-0.1, -0.05) is 0 Å². The minimum Gasteiger partial charge on any atom is -0.377 e. The summed E-state index contributed by atoms with van der Waals surface area (Å²) in [5.74, 6) is 1.94. The molecular formula is C9H19NO3SSi. The summed E-state index contributed by atoms with van der Waals surface area (Å²) in [6.45, 7) is 7.23. The lowest BCUT2D eigenvalue weighted by molar-refractivity contribution is 0.123. The summed E-state index contributed by atoms with van der Waals surface area (Å²) in [6.07, 6.45) is 1.00. The molecule has 0 aliphatic carbocycles. The third-order valence-corrected chi connectivity index (χ3v) is 5.93. The summed E-state index contributed by atoms with van der Waals surface area (Å²) in [7, 11) is 2.53. The van der Waals surface area contributed by atoms with Crippen LogP contribution in [0.15, 0.2) is 0 Å². The average molecular weight is 249 g/mol. The van der Waals surface area contributed by atoms with Crippen LogP contribution in [0, 0.1) is 6.57 Å². The van der Waals surface area contributed by atoms with Gasteiger partial charge in [-0.2, -0.15) is 11.8 Å². The molecule has 4 nitrogen and oxygen atoms in total. The SMILES string of the molecule is [C-]#[N+]CCSCCC[Si](OC)(OC)OC. The Bertz CT molecular complexity index is 186. The first-order valence-corrected chi connectivity index (χ1v) is 7.89. The smallest absolute Gasteiger partial charge is 0.377 e. The summed E-state index contributed by atoms with van der Waals surface area (Å²) in [6, 6.07) is 0.835. The second-order valence-electron chi connectivity index (χ2n) is 2.89. The molecule has 0 aliphatic rings. The largest absolute Gasteiger partial charge is 0.500 e. The molecule has 0 aliphatic heterocycles. The molecule has 0 saturated heterocycles. The Kier molecular flexibility index (Phi) is 9.15. The van der Waals surface area contributed by atoms with E-state index in [0.717, 1.165) is 24.0 Å². The number of hydrogen-bond donors (Lipinski definition) is 0. The predicted molar refractivity (Wildman–Crippen MR) is 65.0 cm³/mol. The van der Waals surface area contributed by atoms with Crippen molar-refractivity contribution in [3.8, 4) is 0 Å². The van der Waals surface area contributed by atoms with Crippen molar-refractivity contribution in [2.24, 2.45) is 0 Å². The van der Waals surface area contributed by atoms with Gasteiger partial charge in [-0.05, 0) is 12.2 Å². The Hall–Kier alpha value is -0.0631. The van der Waals surface area contributed by atoms with Gasteiger partial charge in [0.25, 0.3) is 0 Å². The first-order chi connectivity index (χ1) is 7.24. The van der Waals surface area contributed by atoms with Crippen molar-refractivity contribution in [1.29, 1.82) is 0 Å². The van der Waals surface area contributed by atoms with Crippen LogP contribution in [0.4, 0.5) is 0 Å². The van der Waals surface area contributed by atoms with E-state index in [1.165, 1.54) is 0 Å². The van der Waals surface area contributed by atoms with Gasteiger partial charge >= 0.3 is 8.80 Å². The summed E-state index contributed by atoms with van der Waals surface area (Å²) in [5.41, 5.74) is 0. The van der Waals surface area contributed by atoms with E-state index < -0.39 is 8.80 Å². The van der Waals surface area contributed by atoms with E-state index in [1.807, 2.05) is 0 Å². The zero-order valence-corrected chi connectivity index (χ0v) is 11.4. The zero-order valence-electron chi connectivity index (χ0n) is 9.62. The highest BCUT2D eigenvalue weighted by Crippen LogP contribution is 2.17. The third kappa shape index (κ3) is 6.17. The third-order valence-electron chi connectivity index (χ3n) is 2.05. The molecule has 0 aromatic rings. The number of thioether (sulfide) groups is 1. The van der Waals surface area contributed by atoms with Gasteiger partial charge < -0.3 is 18.1 Å². The molecule has 0 rings (SSSR count). The summed E-state index contributed by atoms with van der Waals surface area (Å²) in [4.78, 5) is 3.29. The second-order valence-corrected chi connectivity index (χ2v) is 7.21. The highest BCUT2D eigenvalue weighted by Gasteiger charge is 2.36. The maximum atomic E-state index is 6.63. The van der Waals surface area contributed by atoms with Crippen LogP contribution < -0.4 is 0 Å². The van der Waals surface area contributed by atoms with Gasteiger partial charge in [0.1, 0.15) is 0 Å². The summed E-state index contributed by atoms with van der Waals surface area (Å²) in [5, 5.41) is 0. The fraction of sp³-hybridized carbons (Fsp3) is 0.889. The first-order valence-electron chi connectivity index (χ1n) is 4.81. The topological polar surface area (TPSA) is 32.0 Å². The Labute approximate surface area is 97.5 Å². The van der Waals surface area contributed by atoms with Crippen LogP contribution in [-0.2, 0) is 13.3 Å². The summed E-state index contributed by atoms with van der Waals surface area (Å²) >= 11 is 1.79. The molecule has 88 valence electrons. The van der Waals surface area contributed by atoms with Crippen molar-refractivity contribution >= 4 is 20.6 Å². The molecule has 0 saturated carbocycles. The zero-order chi connectivity index (χ0) is 11.6. The van der Waals surface area contributed by atoms with Gasteiger partial charge in [-0.15, -0.1) is 0 Å². The molecule has 0 fully saturated rings. The number of hydrogen-bond acceptors (Lipinski definition) is 4. The summed E-state index contributed by atoms with van der Waals surface area (Å²) < 4.78 is 15.9. The molecule has 0 aromatic heterocycles. The van der Waals surface area contributed by atoms with Crippen LogP contribution in [0.1, 0.15) is 6.42 Å². The van der Waals surface area contributed by atoms with E-state index >= 15 is 0 Å². The lowest BCUT2D eigenvalue weighted by Gasteiger charge is -2.23. The van der Waals surface area contributed by atoms with Crippen molar-refractivity contribution in [3.63, 3.8) is 0 Å². The Balaban J connectivity index is 3.59. The minimum absolute atomic E-state index is 0.603. The number of nitrogens with zero attached hydrogens (tertiary/aromatic N) is 1. The van der Waals surface area contributed by atoms with Crippen molar-refractivity contribution in [1.82, 2.24) is 0 Å². The molecule has 0 bridgehead atoms. The van der Waals surface area contributed by atoms with Crippen molar-refractivity contribution < 1.29 is 13.3 Å². The van der Waals surface area contributed by atoms with Gasteiger partial charge in [-0.3, -0.25) is 0 Å². The second kappa shape index (κ2) is 9.18. The molecule has 0 heterocycles. The lowest BCUT2D eigenvalue weighted by atomic mass is 10.6. The van der Waals surface area contributed by atoms with E-state index in [-0.39, 0.29) is 0 Å². The van der Waals surface area contributed by atoms with Crippen LogP contribution >= 0.6 is 11.8 Å². The molecule has 0 spiro atoms. The highest BCUT2D eigenvalue weighted by atomic mass is 32.2. The van der Waals surface area contributed by atoms with Crippen LogP contribution in [0.3, 0.4) is 0 Å². The van der Waals surface area contributed by atoms with E-state index in [0.29, 0.717) is 6.54 Å². The van der Waals surface area contributed by atoms with Gasteiger partial charge in [0.05, 0.1) is 5.75 Å². The Morgan fingerprint density at radius 1 is 1.13 bits per heavy atom. The van der Waals surface area contributed by atoms with E-state index in [2.05, 4.69) is 4.85 Å². The quantitative estimate of drug-likeness (QED) is 0.355. The van der Waals surface area contributed by atoms with E-state index in [9.17, 15) is 0 Å². The van der Waals surface area contributed by atoms with Crippen LogP contribution in [0.2, 0.25) is 6.04 Å². The maximum absolute atomic E-state index is 6.63. The van der Waals surface area contributed by atoms with Crippen LogP contribution in [-0.4, -0.2) is 48.2 Å². The van der Waals surface area contributed by atoms with Gasteiger partial charge in [-0.25, -0.2) is 6.57 Å². The van der Waals surface area contributed by atoms with Crippen molar-refractivity contribution in [2.75, 3.05) is 39.4 Å². The highest BCUT2D eigenvalue weighted by molar-refractivity contribution is 7.99. The Morgan fingerprint density at radius 2 is 1.73 bits per heavy atom. The molecule has 0 aromatic carbocycles.